The lowest BCUT2D eigenvalue weighted by Crippen LogP contribution is -2.25. The summed E-state index contributed by atoms with van der Waals surface area (Å²) in [7, 11) is 0. The zero-order valence-electron chi connectivity index (χ0n) is 11.0. The van der Waals surface area contributed by atoms with Crippen LogP contribution in [0.2, 0.25) is 10.0 Å². The maximum Gasteiger partial charge on any atom is 0.0542 e. The second-order valence-electron chi connectivity index (χ2n) is 5.44. The van der Waals surface area contributed by atoms with Crippen LogP contribution in [-0.4, -0.2) is 11.5 Å². The average Bonchev–Trinajstić information content (AvgIpc) is 2.66. The summed E-state index contributed by atoms with van der Waals surface area (Å²) in [4.78, 5) is 1.10. The highest BCUT2D eigenvalue weighted by Crippen LogP contribution is 2.42. The van der Waals surface area contributed by atoms with E-state index in [1.165, 1.54) is 38.5 Å². The summed E-state index contributed by atoms with van der Waals surface area (Å²) >= 11 is 18.7. The lowest BCUT2D eigenvalue weighted by Gasteiger charge is -2.31. The first kappa shape index (κ1) is 15.9. The van der Waals surface area contributed by atoms with Crippen LogP contribution in [-0.2, 0) is 0 Å². The molecule has 4 heteroatoms. The molecular weight excluding hydrogens is 315 g/mol. The summed E-state index contributed by atoms with van der Waals surface area (Å²) in [6.07, 6.45) is 8.01. The predicted molar refractivity (Wildman–Crippen MR) is 91.2 cm³/mol. The van der Waals surface area contributed by atoms with Crippen molar-refractivity contribution in [2.45, 2.75) is 43.4 Å². The summed E-state index contributed by atoms with van der Waals surface area (Å²) in [5.74, 6) is 2.06. The molecule has 19 heavy (non-hydrogen) atoms. The van der Waals surface area contributed by atoms with Gasteiger partial charge in [0, 0.05) is 15.7 Å². The molecule has 106 valence electrons. The van der Waals surface area contributed by atoms with E-state index < -0.39 is 0 Å². The molecule has 1 fully saturated rings. The maximum absolute atomic E-state index is 6.24. The van der Waals surface area contributed by atoms with Gasteiger partial charge in [-0.2, -0.15) is 12.6 Å². The third kappa shape index (κ3) is 4.49. The van der Waals surface area contributed by atoms with Gasteiger partial charge in [0.05, 0.1) is 5.02 Å². The molecule has 0 N–H and O–H groups in total. The second-order valence-corrected chi connectivity index (χ2v) is 7.61. The number of hydrogen-bond acceptors (Lipinski definition) is 2. The topological polar surface area (TPSA) is 0 Å². The van der Waals surface area contributed by atoms with Crippen LogP contribution in [0.25, 0.3) is 0 Å². The number of benzene rings is 1. The molecule has 1 saturated carbocycles. The molecule has 0 nitrogen and oxygen atoms in total. The van der Waals surface area contributed by atoms with Crippen LogP contribution in [0.4, 0.5) is 0 Å². The van der Waals surface area contributed by atoms with Gasteiger partial charge < -0.3 is 0 Å². The Hall–Kier alpha value is 0.500. The molecule has 0 heterocycles. The molecule has 1 aliphatic rings. The van der Waals surface area contributed by atoms with Gasteiger partial charge in [0.2, 0.25) is 0 Å². The summed E-state index contributed by atoms with van der Waals surface area (Å²) in [6.45, 7) is 0. The SMILES string of the molecule is SCC1(CSc2cc(Cl)ccc2Cl)CCCCCC1. The third-order valence-corrected chi connectivity index (χ3v) is 6.68. The van der Waals surface area contributed by atoms with Crippen molar-refractivity contribution in [3.05, 3.63) is 28.2 Å². The second kappa shape index (κ2) is 7.49. The Labute approximate surface area is 136 Å². The molecular formula is C15H20Cl2S2. The number of thiol groups is 1. The van der Waals surface area contributed by atoms with Crippen LogP contribution in [0, 0.1) is 5.41 Å². The summed E-state index contributed by atoms with van der Waals surface area (Å²) in [6, 6.07) is 5.69. The normalized spacial score (nSPS) is 19.1. The van der Waals surface area contributed by atoms with Crippen molar-refractivity contribution < 1.29 is 0 Å². The van der Waals surface area contributed by atoms with E-state index in [2.05, 4.69) is 12.6 Å². The van der Waals surface area contributed by atoms with Gasteiger partial charge in [-0.05, 0) is 42.2 Å². The molecule has 0 bridgehead atoms. The summed E-state index contributed by atoms with van der Waals surface area (Å²) in [5, 5.41) is 1.56. The standard InChI is InChI=1S/C15H20Cl2S2/c16-12-5-6-13(17)14(9-12)19-11-15(10-18)7-3-1-2-4-8-15/h5-6,9,18H,1-4,7-8,10-11H2. The highest BCUT2D eigenvalue weighted by molar-refractivity contribution is 7.99. The zero-order chi connectivity index (χ0) is 13.7. The molecule has 1 aliphatic carbocycles. The molecule has 0 saturated heterocycles. The van der Waals surface area contributed by atoms with E-state index in [9.17, 15) is 0 Å². The van der Waals surface area contributed by atoms with Gasteiger partial charge in [-0.1, -0.05) is 48.9 Å². The molecule has 0 radical (unpaired) electrons. The van der Waals surface area contributed by atoms with Gasteiger partial charge >= 0.3 is 0 Å². The minimum Gasteiger partial charge on any atom is -0.179 e. The first-order chi connectivity index (χ1) is 9.15. The first-order valence-corrected chi connectivity index (χ1v) is 9.21. The summed E-state index contributed by atoms with van der Waals surface area (Å²) < 4.78 is 0. The van der Waals surface area contributed by atoms with Crippen molar-refractivity contribution in [3.63, 3.8) is 0 Å². The minimum atomic E-state index is 0.371. The number of rotatable bonds is 4. The van der Waals surface area contributed by atoms with Crippen LogP contribution in [0.5, 0.6) is 0 Å². The number of hydrogen-bond donors (Lipinski definition) is 1. The molecule has 2 rings (SSSR count). The Morgan fingerprint density at radius 2 is 1.79 bits per heavy atom. The fourth-order valence-corrected chi connectivity index (χ4v) is 5.01. The summed E-state index contributed by atoms with van der Waals surface area (Å²) in [5.41, 5.74) is 0.371. The van der Waals surface area contributed by atoms with E-state index in [-0.39, 0.29) is 0 Å². The van der Waals surface area contributed by atoms with Crippen LogP contribution in [0.3, 0.4) is 0 Å². The minimum absolute atomic E-state index is 0.371. The van der Waals surface area contributed by atoms with E-state index in [1.54, 1.807) is 0 Å². The highest BCUT2D eigenvalue weighted by Gasteiger charge is 2.29. The van der Waals surface area contributed by atoms with E-state index in [0.717, 1.165) is 26.4 Å². The fourth-order valence-electron chi connectivity index (χ4n) is 2.65. The third-order valence-electron chi connectivity index (χ3n) is 3.93. The number of thioether (sulfide) groups is 1. The lowest BCUT2D eigenvalue weighted by atomic mass is 9.84. The van der Waals surface area contributed by atoms with Gasteiger partial charge in [-0.3, -0.25) is 0 Å². The van der Waals surface area contributed by atoms with Crippen LogP contribution in [0.15, 0.2) is 23.1 Å². The fraction of sp³-hybridized carbons (Fsp3) is 0.600. The number of halogens is 2. The Morgan fingerprint density at radius 1 is 1.11 bits per heavy atom. The Balaban J connectivity index is 2.04. The van der Waals surface area contributed by atoms with Gasteiger partial charge in [-0.25, -0.2) is 0 Å². The molecule has 0 atom stereocenters. The van der Waals surface area contributed by atoms with Crippen molar-refractivity contribution in [2.75, 3.05) is 11.5 Å². The maximum atomic E-state index is 6.24. The van der Waals surface area contributed by atoms with Gasteiger partial charge in [-0.15, -0.1) is 11.8 Å². The van der Waals surface area contributed by atoms with Crippen molar-refractivity contribution in [2.24, 2.45) is 5.41 Å². The molecule has 0 spiro atoms. The quantitative estimate of drug-likeness (QED) is 0.380. The Kier molecular flexibility index (Phi) is 6.26. The molecule has 1 aromatic rings. The monoisotopic (exact) mass is 334 g/mol. The molecule has 0 aromatic heterocycles. The van der Waals surface area contributed by atoms with E-state index >= 15 is 0 Å². The first-order valence-electron chi connectivity index (χ1n) is 6.84. The Bertz CT molecular complexity index is 413. The molecule has 0 aliphatic heterocycles. The van der Waals surface area contributed by atoms with Gasteiger partial charge in [0.1, 0.15) is 0 Å². The largest absolute Gasteiger partial charge is 0.179 e. The van der Waals surface area contributed by atoms with Crippen molar-refractivity contribution in [1.29, 1.82) is 0 Å². The van der Waals surface area contributed by atoms with E-state index in [0.29, 0.717) is 5.41 Å². The predicted octanol–water partition coefficient (Wildman–Crippen LogP) is 6.36. The smallest absolute Gasteiger partial charge is 0.0542 e. The van der Waals surface area contributed by atoms with Crippen LogP contribution >= 0.6 is 47.6 Å². The average molecular weight is 335 g/mol. The molecule has 1 aromatic carbocycles. The van der Waals surface area contributed by atoms with Gasteiger partial charge in [0.25, 0.3) is 0 Å². The van der Waals surface area contributed by atoms with E-state index in [4.69, 9.17) is 23.2 Å². The van der Waals surface area contributed by atoms with Crippen molar-refractivity contribution >= 4 is 47.6 Å². The molecule has 0 amide bonds. The molecule has 0 unspecified atom stereocenters. The van der Waals surface area contributed by atoms with Crippen molar-refractivity contribution in [1.82, 2.24) is 0 Å². The lowest BCUT2D eigenvalue weighted by molar-refractivity contribution is 0.332. The Morgan fingerprint density at radius 3 is 2.42 bits per heavy atom. The van der Waals surface area contributed by atoms with Crippen molar-refractivity contribution in [3.8, 4) is 0 Å². The highest BCUT2D eigenvalue weighted by atomic mass is 35.5. The van der Waals surface area contributed by atoms with Crippen LogP contribution < -0.4 is 0 Å². The zero-order valence-corrected chi connectivity index (χ0v) is 14.2. The van der Waals surface area contributed by atoms with Gasteiger partial charge in [0.15, 0.2) is 0 Å². The van der Waals surface area contributed by atoms with E-state index in [1.807, 2.05) is 30.0 Å². The van der Waals surface area contributed by atoms with Crippen LogP contribution in [0.1, 0.15) is 38.5 Å².